The first kappa shape index (κ1) is 18.2. The highest BCUT2D eigenvalue weighted by Crippen LogP contribution is 2.20. The highest BCUT2D eigenvalue weighted by atomic mass is 15.3. The van der Waals surface area contributed by atoms with Gasteiger partial charge in [0.2, 0.25) is 0 Å². The second kappa shape index (κ2) is 9.23. The number of nitrogens with zero attached hydrogens (tertiary/aromatic N) is 3. The summed E-state index contributed by atoms with van der Waals surface area (Å²) in [4.78, 5) is 10.0. The molecule has 0 spiro atoms. The molecule has 2 fully saturated rings. The Bertz CT molecular complexity index is 546. The highest BCUT2D eigenvalue weighted by Gasteiger charge is 2.27. The van der Waals surface area contributed by atoms with E-state index in [1.165, 1.54) is 50.0 Å². The molecule has 0 bridgehead atoms. The van der Waals surface area contributed by atoms with Crippen LogP contribution in [0.1, 0.15) is 37.3 Å². The van der Waals surface area contributed by atoms with Crippen LogP contribution in [0, 0.1) is 12.8 Å². The van der Waals surface area contributed by atoms with Crippen molar-refractivity contribution < 1.29 is 0 Å². The maximum Gasteiger partial charge on any atom is 0.193 e. The van der Waals surface area contributed by atoms with Gasteiger partial charge in [-0.05, 0) is 64.1 Å². The van der Waals surface area contributed by atoms with Crippen LogP contribution in [0.25, 0.3) is 0 Å². The van der Waals surface area contributed by atoms with E-state index >= 15 is 0 Å². The summed E-state index contributed by atoms with van der Waals surface area (Å²) in [5.74, 6) is 1.91. The number of benzene rings is 1. The Kier molecular flexibility index (Phi) is 6.74. The monoisotopic (exact) mass is 342 g/mol. The van der Waals surface area contributed by atoms with Gasteiger partial charge in [0.25, 0.3) is 0 Å². The number of hydrogen-bond acceptors (Lipinski definition) is 2. The lowest BCUT2D eigenvalue weighted by Gasteiger charge is -2.23. The minimum absolute atomic E-state index is 0.805. The van der Waals surface area contributed by atoms with Crippen molar-refractivity contribution in [2.75, 3.05) is 45.8 Å². The first-order valence-electron chi connectivity index (χ1n) is 10.1. The summed E-state index contributed by atoms with van der Waals surface area (Å²) < 4.78 is 0. The van der Waals surface area contributed by atoms with E-state index in [1.54, 1.807) is 0 Å². The third-order valence-corrected chi connectivity index (χ3v) is 5.42. The third-order valence-electron chi connectivity index (χ3n) is 5.42. The van der Waals surface area contributed by atoms with Crippen LogP contribution in [0.15, 0.2) is 29.3 Å². The molecule has 2 heterocycles. The Hall–Kier alpha value is -1.55. The Morgan fingerprint density at radius 3 is 2.64 bits per heavy atom. The zero-order valence-corrected chi connectivity index (χ0v) is 16.0. The zero-order chi connectivity index (χ0) is 17.5. The average molecular weight is 343 g/mol. The second-order valence-corrected chi connectivity index (χ2v) is 7.58. The molecule has 4 heteroatoms. The number of aryl methyl sites for hydroxylation is 1. The van der Waals surface area contributed by atoms with E-state index in [4.69, 9.17) is 4.99 Å². The molecular formula is C21H34N4. The SMILES string of the molecule is CCNC(=NCCc1ccc(C)cc1)N1CCC(CN2CCCC2)C1. The summed E-state index contributed by atoms with van der Waals surface area (Å²) in [6.07, 6.45) is 5.10. The lowest BCUT2D eigenvalue weighted by molar-refractivity contribution is 0.281. The molecule has 2 saturated heterocycles. The summed E-state index contributed by atoms with van der Waals surface area (Å²) in [5.41, 5.74) is 2.69. The van der Waals surface area contributed by atoms with Gasteiger partial charge in [-0.25, -0.2) is 0 Å². The Balaban J connectivity index is 1.50. The van der Waals surface area contributed by atoms with Gasteiger partial charge in [-0.1, -0.05) is 29.8 Å². The van der Waals surface area contributed by atoms with E-state index in [0.717, 1.165) is 44.5 Å². The van der Waals surface area contributed by atoms with Crippen LogP contribution in [-0.4, -0.2) is 61.6 Å². The fourth-order valence-electron chi connectivity index (χ4n) is 3.98. The Morgan fingerprint density at radius 1 is 1.16 bits per heavy atom. The van der Waals surface area contributed by atoms with Gasteiger partial charge < -0.3 is 15.1 Å². The van der Waals surface area contributed by atoms with Gasteiger partial charge in [-0.3, -0.25) is 4.99 Å². The van der Waals surface area contributed by atoms with Crippen molar-refractivity contribution in [2.45, 2.75) is 39.5 Å². The number of aliphatic imine (C=N–C) groups is 1. The summed E-state index contributed by atoms with van der Waals surface area (Å²) in [5, 5.41) is 3.50. The Morgan fingerprint density at radius 2 is 1.92 bits per heavy atom. The first-order chi connectivity index (χ1) is 12.2. The molecule has 0 amide bonds. The van der Waals surface area contributed by atoms with Crippen molar-refractivity contribution in [1.82, 2.24) is 15.1 Å². The van der Waals surface area contributed by atoms with Crippen molar-refractivity contribution >= 4 is 5.96 Å². The molecule has 1 unspecified atom stereocenters. The molecule has 1 aromatic rings. The summed E-state index contributed by atoms with van der Waals surface area (Å²) in [6, 6.07) is 8.82. The molecule has 1 atom stereocenters. The maximum absolute atomic E-state index is 4.90. The van der Waals surface area contributed by atoms with Crippen molar-refractivity contribution in [2.24, 2.45) is 10.9 Å². The molecular weight excluding hydrogens is 308 g/mol. The van der Waals surface area contributed by atoms with Crippen LogP contribution >= 0.6 is 0 Å². The summed E-state index contributed by atoms with van der Waals surface area (Å²) >= 11 is 0. The van der Waals surface area contributed by atoms with Crippen LogP contribution in [0.2, 0.25) is 0 Å². The molecule has 1 N–H and O–H groups in total. The molecule has 0 aliphatic carbocycles. The number of likely N-dealkylation sites (tertiary alicyclic amines) is 2. The zero-order valence-electron chi connectivity index (χ0n) is 16.0. The van der Waals surface area contributed by atoms with E-state index < -0.39 is 0 Å². The largest absolute Gasteiger partial charge is 0.357 e. The second-order valence-electron chi connectivity index (χ2n) is 7.58. The minimum Gasteiger partial charge on any atom is -0.357 e. The van der Waals surface area contributed by atoms with Crippen LogP contribution in [0.4, 0.5) is 0 Å². The fraction of sp³-hybridized carbons (Fsp3) is 0.667. The van der Waals surface area contributed by atoms with Crippen molar-refractivity contribution in [3.05, 3.63) is 35.4 Å². The van der Waals surface area contributed by atoms with Gasteiger partial charge in [0.05, 0.1) is 0 Å². The molecule has 1 aromatic carbocycles. The molecule has 3 rings (SSSR count). The van der Waals surface area contributed by atoms with Gasteiger partial charge in [-0.2, -0.15) is 0 Å². The Labute approximate surface area is 153 Å². The maximum atomic E-state index is 4.90. The molecule has 2 aliphatic heterocycles. The van der Waals surface area contributed by atoms with E-state index in [9.17, 15) is 0 Å². The number of rotatable bonds is 6. The van der Waals surface area contributed by atoms with Crippen LogP contribution in [0.5, 0.6) is 0 Å². The molecule has 0 saturated carbocycles. The van der Waals surface area contributed by atoms with Gasteiger partial charge in [0.1, 0.15) is 0 Å². The van der Waals surface area contributed by atoms with Gasteiger partial charge in [0, 0.05) is 32.7 Å². The minimum atomic E-state index is 0.805. The van der Waals surface area contributed by atoms with E-state index in [2.05, 4.69) is 53.2 Å². The molecule has 0 radical (unpaired) electrons. The van der Waals surface area contributed by atoms with E-state index in [-0.39, 0.29) is 0 Å². The quantitative estimate of drug-likeness (QED) is 0.637. The fourth-order valence-corrected chi connectivity index (χ4v) is 3.98. The normalized spacial score (nSPS) is 21.9. The first-order valence-corrected chi connectivity index (χ1v) is 10.1. The van der Waals surface area contributed by atoms with Crippen LogP contribution < -0.4 is 5.32 Å². The topological polar surface area (TPSA) is 30.9 Å². The van der Waals surface area contributed by atoms with Crippen molar-refractivity contribution in [3.8, 4) is 0 Å². The van der Waals surface area contributed by atoms with Crippen LogP contribution in [0.3, 0.4) is 0 Å². The number of guanidine groups is 1. The standard InChI is InChI=1S/C21H34N4/c1-3-22-21(23-12-10-19-8-6-18(2)7-9-19)25-15-11-20(17-25)16-24-13-4-5-14-24/h6-9,20H,3-5,10-17H2,1-2H3,(H,22,23). The van der Waals surface area contributed by atoms with Gasteiger partial charge in [-0.15, -0.1) is 0 Å². The number of hydrogen-bond donors (Lipinski definition) is 1. The molecule has 0 aromatic heterocycles. The third kappa shape index (κ3) is 5.46. The van der Waals surface area contributed by atoms with Gasteiger partial charge >= 0.3 is 0 Å². The van der Waals surface area contributed by atoms with E-state index in [0.29, 0.717) is 0 Å². The summed E-state index contributed by atoms with van der Waals surface area (Å²) in [7, 11) is 0. The lowest BCUT2D eigenvalue weighted by atomic mass is 10.1. The highest BCUT2D eigenvalue weighted by molar-refractivity contribution is 5.80. The lowest BCUT2D eigenvalue weighted by Crippen LogP contribution is -2.41. The van der Waals surface area contributed by atoms with Gasteiger partial charge in [0.15, 0.2) is 5.96 Å². The molecule has 25 heavy (non-hydrogen) atoms. The molecule has 138 valence electrons. The number of nitrogens with one attached hydrogen (secondary N) is 1. The average Bonchev–Trinajstić information content (AvgIpc) is 3.28. The predicted octanol–water partition coefficient (Wildman–Crippen LogP) is 2.92. The van der Waals surface area contributed by atoms with Crippen LogP contribution in [-0.2, 0) is 6.42 Å². The van der Waals surface area contributed by atoms with E-state index in [1.807, 2.05) is 0 Å². The molecule has 2 aliphatic rings. The predicted molar refractivity (Wildman–Crippen MR) is 106 cm³/mol. The molecule has 4 nitrogen and oxygen atoms in total. The smallest absolute Gasteiger partial charge is 0.193 e. The van der Waals surface area contributed by atoms with Crippen molar-refractivity contribution in [3.63, 3.8) is 0 Å². The van der Waals surface area contributed by atoms with Crippen molar-refractivity contribution in [1.29, 1.82) is 0 Å². The summed E-state index contributed by atoms with van der Waals surface area (Å²) in [6.45, 7) is 12.3.